The average molecular weight is 538 g/mol. The fourth-order valence-electron chi connectivity index (χ4n) is 4.27. The van der Waals surface area contributed by atoms with Gasteiger partial charge in [0.2, 0.25) is 5.78 Å². The molecule has 0 spiro atoms. The number of amides is 1. The van der Waals surface area contributed by atoms with Crippen molar-refractivity contribution < 1.29 is 32.3 Å². The molecule has 2 unspecified atom stereocenters. The second-order valence-electron chi connectivity index (χ2n) is 8.99. The minimum Gasteiger partial charge on any atom is -0.406 e. The molecule has 0 N–H and O–H groups in total. The van der Waals surface area contributed by atoms with Gasteiger partial charge in [0.05, 0.1) is 18.3 Å². The van der Waals surface area contributed by atoms with E-state index in [0.717, 1.165) is 22.6 Å². The summed E-state index contributed by atoms with van der Waals surface area (Å²) in [6.07, 6.45) is -4.92. The van der Waals surface area contributed by atoms with Gasteiger partial charge in [-0.25, -0.2) is 0 Å². The molecule has 2 heterocycles. The molecule has 2 atom stereocenters. The zero-order valence-corrected chi connectivity index (χ0v) is 20.7. The molecular formula is C26H21F3N6O4. The number of ketones is 2. The monoisotopic (exact) mass is 538 g/mol. The zero-order chi connectivity index (χ0) is 28.3. The van der Waals surface area contributed by atoms with E-state index in [-0.39, 0.29) is 35.1 Å². The Morgan fingerprint density at radius 3 is 2.26 bits per heavy atom. The van der Waals surface area contributed by atoms with Crippen molar-refractivity contribution in [3.05, 3.63) is 93.5 Å². The van der Waals surface area contributed by atoms with Crippen LogP contribution in [0, 0.1) is 5.92 Å². The normalized spacial score (nSPS) is 17.3. The van der Waals surface area contributed by atoms with Crippen LogP contribution in [0.5, 0.6) is 5.75 Å². The standard InChI is InChI=1S/C26H21F3N6O4/c1-14(2)15-3-5-17(6-4-15)23(36)21-22(16-7-10-19(11-8-16)39-26(27,28)29)35(25(38)24(21)37)20-12-9-18(32-33-20)13-31-34-30/h3-12,14,21-22H,13H2,1-2H3. The molecule has 10 nitrogen and oxygen atoms in total. The lowest BCUT2D eigenvalue weighted by atomic mass is 9.86. The van der Waals surface area contributed by atoms with E-state index in [1.165, 1.54) is 24.3 Å². The third kappa shape index (κ3) is 5.88. The van der Waals surface area contributed by atoms with Crippen molar-refractivity contribution in [1.29, 1.82) is 0 Å². The zero-order valence-electron chi connectivity index (χ0n) is 20.7. The third-order valence-electron chi connectivity index (χ3n) is 6.15. The number of hydrogen-bond acceptors (Lipinski definition) is 7. The van der Waals surface area contributed by atoms with Crippen LogP contribution in [0.1, 0.15) is 53.0 Å². The largest absolute Gasteiger partial charge is 0.573 e. The first-order chi connectivity index (χ1) is 18.5. The summed E-state index contributed by atoms with van der Waals surface area (Å²) < 4.78 is 41.9. The van der Waals surface area contributed by atoms with Gasteiger partial charge in [-0.2, -0.15) is 5.10 Å². The Morgan fingerprint density at radius 1 is 1.05 bits per heavy atom. The van der Waals surface area contributed by atoms with Crippen molar-refractivity contribution in [2.24, 2.45) is 11.0 Å². The van der Waals surface area contributed by atoms with Gasteiger partial charge in [-0.05, 0) is 46.8 Å². The molecule has 13 heteroatoms. The number of nitrogens with zero attached hydrogens (tertiary/aromatic N) is 6. The molecule has 3 aromatic rings. The van der Waals surface area contributed by atoms with Crippen molar-refractivity contribution in [1.82, 2.24) is 10.2 Å². The van der Waals surface area contributed by atoms with Crippen molar-refractivity contribution in [3.8, 4) is 5.75 Å². The number of alkyl halides is 3. The van der Waals surface area contributed by atoms with Crippen molar-refractivity contribution in [2.45, 2.75) is 38.7 Å². The molecule has 1 saturated heterocycles. The topological polar surface area (TPSA) is 138 Å². The van der Waals surface area contributed by atoms with Crippen molar-refractivity contribution in [2.75, 3.05) is 4.90 Å². The smallest absolute Gasteiger partial charge is 0.406 e. The minimum absolute atomic E-state index is 0.0656. The molecule has 1 fully saturated rings. The highest BCUT2D eigenvalue weighted by molar-refractivity contribution is 6.48. The molecule has 1 aliphatic rings. The van der Waals surface area contributed by atoms with Crippen LogP contribution in [0.15, 0.2) is 65.8 Å². The highest BCUT2D eigenvalue weighted by Gasteiger charge is 2.53. The number of Topliss-reactive ketones (excluding diaryl/α,β-unsaturated/α-hetero) is 2. The first-order valence-corrected chi connectivity index (χ1v) is 11.7. The molecule has 1 amide bonds. The van der Waals surface area contributed by atoms with Gasteiger partial charge in [0.25, 0.3) is 5.91 Å². The molecule has 1 aromatic heterocycles. The number of benzene rings is 2. The van der Waals surface area contributed by atoms with Crippen LogP contribution in [-0.2, 0) is 16.1 Å². The molecular weight excluding hydrogens is 517 g/mol. The molecule has 2 aromatic carbocycles. The molecule has 39 heavy (non-hydrogen) atoms. The number of halogens is 3. The highest BCUT2D eigenvalue weighted by atomic mass is 19.4. The molecule has 0 bridgehead atoms. The van der Waals surface area contributed by atoms with Crippen molar-refractivity contribution >= 4 is 23.3 Å². The molecule has 0 saturated carbocycles. The predicted molar refractivity (Wildman–Crippen MR) is 132 cm³/mol. The maximum absolute atomic E-state index is 13.6. The van der Waals surface area contributed by atoms with Gasteiger partial charge in [-0.1, -0.05) is 55.4 Å². The quantitative estimate of drug-likeness (QED) is 0.0932. The maximum Gasteiger partial charge on any atom is 0.573 e. The van der Waals surface area contributed by atoms with E-state index in [1.807, 2.05) is 13.8 Å². The first kappa shape index (κ1) is 27.3. The summed E-state index contributed by atoms with van der Waals surface area (Å²) in [6, 6.07) is 12.8. The van der Waals surface area contributed by atoms with E-state index in [1.54, 1.807) is 24.3 Å². The predicted octanol–water partition coefficient (Wildman–Crippen LogP) is 5.47. The number of aromatic nitrogens is 2. The van der Waals surface area contributed by atoms with Crippen LogP contribution in [0.4, 0.5) is 19.0 Å². The number of ether oxygens (including phenoxy) is 1. The van der Waals surface area contributed by atoms with E-state index in [2.05, 4.69) is 25.0 Å². The number of rotatable bonds is 8. The Kier molecular flexibility index (Phi) is 7.63. The Labute approximate surface area is 220 Å². The Hall–Kier alpha value is -4.77. The Bertz CT molecular complexity index is 1430. The summed E-state index contributed by atoms with van der Waals surface area (Å²) in [5.41, 5.74) is 10.2. The van der Waals surface area contributed by atoms with Gasteiger partial charge in [0.15, 0.2) is 11.6 Å². The minimum atomic E-state index is -4.92. The number of carbonyl (C=O) groups is 3. The van der Waals surface area contributed by atoms with Gasteiger partial charge in [-0.15, -0.1) is 18.3 Å². The van der Waals surface area contributed by atoms with Crippen LogP contribution in [0.2, 0.25) is 0 Å². The van der Waals surface area contributed by atoms with E-state index in [0.29, 0.717) is 0 Å². The lowest BCUT2D eigenvalue weighted by Crippen LogP contribution is -2.31. The number of carbonyl (C=O) groups excluding carboxylic acids is 3. The lowest BCUT2D eigenvalue weighted by molar-refractivity contribution is -0.274. The second-order valence-corrected chi connectivity index (χ2v) is 8.99. The van der Waals surface area contributed by atoms with E-state index in [4.69, 9.17) is 5.53 Å². The maximum atomic E-state index is 13.6. The molecule has 200 valence electrons. The van der Waals surface area contributed by atoms with Gasteiger partial charge in [-0.3, -0.25) is 19.3 Å². The number of azide groups is 1. The van der Waals surface area contributed by atoms with Crippen LogP contribution in [0.25, 0.3) is 10.4 Å². The summed E-state index contributed by atoms with van der Waals surface area (Å²) in [7, 11) is 0. The molecule has 0 aliphatic carbocycles. The number of anilines is 1. The van der Waals surface area contributed by atoms with E-state index in [9.17, 15) is 27.6 Å². The summed E-state index contributed by atoms with van der Waals surface area (Å²) in [4.78, 5) is 43.7. The van der Waals surface area contributed by atoms with Crippen LogP contribution >= 0.6 is 0 Å². The second kappa shape index (κ2) is 10.9. The Morgan fingerprint density at radius 2 is 1.72 bits per heavy atom. The van der Waals surface area contributed by atoms with E-state index < -0.39 is 41.5 Å². The number of hydrogen-bond donors (Lipinski definition) is 0. The van der Waals surface area contributed by atoms with Gasteiger partial charge in [0.1, 0.15) is 11.7 Å². The summed E-state index contributed by atoms with van der Waals surface area (Å²) in [6.45, 7) is 3.86. The molecule has 1 aliphatic heterocycles. The van der Waals surface area contributed by atoms with Gasteiger partial charge in [0, 0.05) is 10.5 Å². The first-order valence-electron chi connectivity index (χ1n) is 11.7. The third-order valence-corrected chi connectivity index (χ3v) is 6.15. The van der Waals surface area contributed by atoms with Crippen LogP contribution in [-0.4, -0.2) is 34.0 Å². The van der Waals surface area contributed by atoms with Crippen LogP contribution in [0.3, 0.4) is 0 Å². The fourth-order valence-corrected chi connectivity index (χ4v) is 4.27. The fraction of sp³-hybridized carbons (Fsp3) is 0.269. The SMILES string of the molecule is CC(C)c1ccc(C(=O)C2C(=O)C(=O)N(c3ccc(CN=[N+]=[N-])nn3)C2c2ccc(OC(F)(F)F)cc2)cc1. The summed E-state index contributed by atoms with van der Waals surface area (Å²) in [5.74, 6) is -4.52. The van der Waals surface area contributed by atoms with Gasteiger partial charge >= 0.3 is 6.36 Å². The molecule has 4 rings (SSSR count). The lowest BCUT2D eigenvalue weighted by Gasteiger charge is -2.26. The average Bonchev–Trinajstić information content (AvgIpc) is 3.17. The van der Waals surface area contributed by atoms with E-state index >= 15 is 0 Å². The highest BCUT2D eigenvalue weighted by Crippen LogP contribution is 2.41. The summed E-state index contributed by atoms with van der Waals surface area (Å²) >= 11 is 0. The summed E-state index contributed by atoms with van der Waals surface area (Å²) in [5, 5.41) is 11.3. The molecule has 0 radical (unpaired) electrons. The van der Waals surface area contributed by atoms with Crippen LogP contribution < -0.4 is 9.64 Å². The van der Waals surface area contributed by atoms with Gasteiger partial charge < -0.3 is 4.74 Å². The Balaban J connectivity index is 1.77. The van der Waals surface area contributed by atoms with Crippen molar-refractivity contribution in [3.63, 3.8) is 0 Å².